The van der Waals surface area contributed by atoms with Gasteiger partial charge in [0, 0.05) is 24.7 Å². The molecule has 0 amide bonds. The van der Waals surface area contributed by atoms with E-state index in [0.717, 1.165) is 17.5 Å². The largest absolute Gasteiger partial charge is 0.495 e. The molecule has 2 aliphatic heterocycles. The molecule has 2 aliphatic rings. The number of nitrogens with zero attached hydrogens (tertiary/aromatic N) is 2. The van der Waals surface area contributed by atoms with Gasteiger partial charge in [-0.3, -0.25) is 0 Å². The summed E-state index contributed by atoms with van der Waals surface area (Å²) < 4.78 is 5.39. The lowest BCUT2D eigenvalue weighted by atomic mass is 9.97. The normalized spacial score (nSPS) is 25.8. The molecule has 0 bridgehead atoms. The molecule has 1 aromatic carbocycles. The molecule has 2 saturated heterocycles. The van der Waals surface area contributed by atoms with Crippen LogP contribution in [0.4, 0.5) is 5.69 Å². The summed E-state index contributed by atoms with van der Waals surface area (Å²) >= 11 is 0. The van der Waals surface area contributed by atoms with Crippen molar-refractivity contribution < 1.29 is 4.74 Å². The lowest BCUT2D eigenvalue weighted by Crippen LogP contribution is -2.42. The van der Waals surface area contributed by atoms with E-state index < -0.39 is 0 Å². The van der Waals surface area contributed by atoms with Gasteiger partial charge in [-0.1, -0.05) is 0 Å². The second-order valence-electron chi connectivity index (χ2n) is 5.72. The van der Waals surface area contributed by atoms with Crippen LogP contribution in [0.5, 0.6) is 5.75 Å². The first-order valence-electron chi connectivity index (χ1n) is 7.39. The van der Waals surface area contributed by atoms with Crippen LogP contribution in [0.15, 0.2) is 18.2 Å². The highest BCUT2D eigenvalue weighted by atomic mass is 16.5. The lowest BCUT2D eigenvalue weighted by Gasteiger charge is -2.35. The summed E-state index contributed by atoms with van der Waals surface area (Å²) in [7, 11) is 1.65. The maximum absolute atomic E-state index is 8.94. The minimum atomic E-state index is 0.510. The smallest absolute Gasteiger partial charge is 0.143 e. The first-order valence-corrected chi connectivity index (χ1v) is 7.39. The van der Waals surface area contributed by atoms with Crippen molar-refractivity contribution >= 4 is 5.69 Å². The number of methoxy groups -OCH3 is 1. The molecule has 0 aromatic heterocycles. The highest BCUT2D eigenvalue weighted by molar-refractivity contribution is 5.60. The lowest BCUT2D eigenvalue weighted by molar-refractivity contribution is 0.188. The van der Waals surface area contributed by atoms with Gasteiger partial charge in [-0.25, -0.2) is 0 Å². The van der Waals surface area contributed by atoms with Gasteiger partial charge in [0.05, 0.1) is 24.4 Å². The summed E-state index contributed by atoms with van der Waals surface area (Å²) in [5.74, 6) is 0.762. The average Bonchev–Trinajstić information content (AvgIpc) is 2.95. The van der Waals surface area contributed by atoms with E-state index in [1.807, 2.05) is 12.1 Å². The molecule has 2 unspecified atom stereocenters. The van der Waals surface area contributed by atoms with Crippen LogP contribution in [0.2, 0.25) is 0 Å². The Hall–Kier alpha value is -1.73. The average molecular weight is 271 g/mol. The summed E-state index contributed by atoms with van der Waals surface area (Å²) in [6, 6.07) is 9.01. The highest BCUT2D eigenvalue weighted by Crippen LogP contribution is 2.31. The van der Waals surface area contributed by atoms with Gasteiger partial charge in [-0.05, 0) is 44.4 Å². The van der Waals surface area contributed by atoms with Crippen LogP contribution in [-0.2, 0) is 0 Å². The van der Waals surface area contributed by atoms with E-state index in [9.17, 15) is 0 Å². The standard InChI is InChI=1S/C16H21N3O/c1-20-16-9-12(11-17)4-5-15(16)18-13-6-8-19-7-2-3-14(19)10-13/h4-5,9,13-14,18H,2-3,6-8,10H2,1H3. The van der Waals surface area contributed by atoms with Crippen LogP contribution < -0.4 is 10.1 Å². The van der Waals surface area contributed by atoms with Crippen LogP contribution >= 0.6 is 0 Å². The van der Waals surface area contributed by atoms with Gasteiger partial charge in [0.1, 0.15) is 5.75 Å². The maximum Gasteiger partial charge on any atom is 0.143 e. The monoisotopic (exact) mass is 271 g/mol. The number of nitrogens with one attached hydrogen (secondary N) is 1. The van der Waals surface area contributed by atoms with E-state index in [-0.39, 0.29) is 0 Å². The summed E-state index contributed by atoms with van der Waals surface area (Å²) in [6.45, 7) is 2.47. The summed E-state index contributed by atoms with van der Waals surface area (Å²) in [5, 5.41) is 12.5. The molecule has 1 aromatic rings. The Balaban J connectivity index is 1.70. The van der Waals surface area contributed by atoms with Gasteiger partial charge < -0.3 is 15.0 Å². The van der Waals surface area contributed by atoms with Crippen molar-refractivity contribution in [3.63, 3.8) is 0 Å². The number of rotatable bonds is 3. The SMILES string of the molecule is COc1cc(C#N)ccc1NC1CCN2CCCC2C1. The van der Waals surface area contributed by atoms with Gasteiger partial charge in [0.2, 0.25) is 0 Å². The number of anilines is 1. The molecule has 2 heterocycles. The van der Waals surface area contributed by atoms with Crippen LogP contribution in [0.3, 0.4) is 0 Å². The molecular weight excluding hydrogens is 250 g/mol. The highest BCUT2D eigenvalue weighted by Gasteiger charge is 2.31. The van der Waals surface area contributed by atoms with Crippen LogP contribution in [0.1, 0.15) is 31.2 Å². The minimum absolute atomic E-state index is 0.510. The number of ether oxygens (including phenoxy) is 1. The topological polar surface area (TPSA) is 48.3 Å². The van der Waals surface area contributed by atoms with E-state index in [2.05, 4.69) is 16.3 Å². The molecular formula is C16H21N3O. The van der Waals surface area contributed by atoms with Crippen LogP contribution in [0, 0.1) is 11.3 Å². The second kappa shape index (κ2) is 5.72. The Morgan fingerprint density at radius 1 is 1.35 bits per heavy atom. The zero-order chi connectivity index (χ0) is 13.9. The maximum atomic E-state index is 8.94. The molecule has 2 fully saturated rings. The summed E-state index contributed by atoms with van der Waals surface area (Å²) in [4.78, 5) is 2.62. The Morgan fingerprint density at radius 3 is 3.05 bits per heavy atom. The van der Waals surface area contributed by atoms with Crippen molar-refractivity contribution in [3.05, 3.63) is 23.8 Å². The first-order chi connectivity index (χ1) is 9.80. The predicted octanol–water partition coefficient (Wildman–Crippen LogP) is 2.61. The van der Waals surface area contributed by atoms with Crippen molar-refractivity contribution in [1.82, 2.24) is 4.90 Å². The first kappa shape index (κ1) is 13.3. The van der Waals surface area contributed by atoms with Crippen molar-refractivity contribution in [2.24, 2.45) is 0 Å². The predicted molar refractivity (Wildman–Crippen MR) is 78.9 cm³/mol. The molecule has 0 saturated carbocycles. The Labute approximate surface area is 120 Å². The van der Waals surface area contributed by atoms with Gasteiger partial charge in [-0.15, -0.1) is 0 Å². The van der Waals surface area contributed by atoms with Gasteiger partial charge in [0.25, 0.3) is 0 Å². The number of fused-ring (bicyclic) bond motifs is 1. The minimum Gasteiger partial charge on any atom is -0.495 e. The number of benzene rings is 1. The van der Waals surface area contributed by atoms with Gasteiger partial charge in [-0.2, -0.15) is 5.26 Å². The van der Waals surface area contributed by atoms with Gasteiger partial charge >= 0.3 is 0 Å². The second-order valence-corrected chi connectivity index (χ2v) is 5.72. The fourth-order valence-electron chi connectivity index (χ4n) is 3.46. The molecule has 4 nitrogen and oxygen atoms in total. The zero-order valence-corrected chi connectivity index (χ0v) is 11.9. The van der Waals surface area contributed by atoms with Crippen molar-refractivity contribution in [1.29, 1.82) is 5.26 Å². The fraction of sp³-hybridized carbons (Fsp3) is 0.562. The Bertz CT molecular complexity index is 523. The number of piperidine rings is 1. The van der Waals surface area contributed by atoms with Crippen molar-refractivity contribution in [2.75, 3.05) is 25.5 Å². The van der Waals surface area contributed by atoms with E-state index >= 15 is 0 Å². The molecule has 1 N–H and O–H groups in total. The number of nitriles is 1. The van der Waals surface area contributed by atoms with E-state index in [4.69, 9.17) is 10.00 Å². The van der Waals surface area contributed by atoms with Crippen LogP contribution in [0.25, 0.3) is 0 Å². The molecule has 106 valence electrons. The Kier molecular flexibility index (Phi) is 3.79. The van der Waals surface area contributed by atoms with Crippen LogP contribution in [-0.4, -0.2) is 37.2 Å². The Morgan fingerprint density at radius 2 is 2.25 bits per heavy atom. The van der Waals surface area contributed by atoms with E-state index in [1.54, 1.807) is 13.2 Å². The molecule has 0 spiro atoms. The number of hydrogen-bond acceptors (Lipinski definition) is 4. The van der Waals surface area contributed by atoms with Crippen molar-refractivity contribution in [2.45, 2.75) is 37.8 Å². The third-order valence-corrected chi connectivity index (χ3v) is 4.51. The molecule has 2 atom stereocenters. The molecule has 4 heteroatoms. The van der Waals surface area contributed by atoms with Crippen molar-refractivity contribution in [3.8, 4) is 11.8 Å². The van der Waals surface area contributed by atoms with E-state index in [0.29, 0.717) is 11.6 Å². The van der Waals surface area contributed by atoms with Gasteiger partial charge in [0.15, 0.2) is 0 Å². The molecule has 20 heavy (non-hydrogen) atoms. The third kappa shape index (κ3) is 2.59. The number of hydrogen-bond donors (Lipinski definition) is 1. The van der Waals surface area contributed by atoms with E-state index in [1.165, 1.54) is 38.8 Å². The molecule has 0 aliphatic carbocycles. The molecule has 3 rings (SSSR count). The quantitative estimate of drug-likeness (QED) is 0.918. The fourth-order valence-corrected chi connectivity index (χ4v) is 3.46. The summed E-state index contributed by atoms with van der Waals surface area (Å²) in [6.07, 6.45) is 5.07. The summed E-state index contributed by atoms with van der Waals surface area (Å²) in [5.41, 5.74) is 1.64. The third-order valence-electron chi connectivity index (χ3n) is 4.51. The molecule has 0 radical (unpaired) electrons. The zero-order valence-electron chi connectivity index (χ0n) is 11.9.